The van der Waals surface area contributed by atoms with Crippen LogP contribution in [0.1, 0.15) is 41.6 Å². The van der Waals surface area contributed by atoms with Crippen LogP contribution >= 0.6 is 15.9 Å². The number of amides is 2. The van der Waals surface area contributed by atoms with E-state index in [1.165, 1.54) is 0 Å². The molecular weight excluding hydrogens is 492 g/mol. The number of nitrogens with zero attached hydrogens (tertiary/aromatic N) is 3. The lowest BCUT2D eigenvalue weighted by molar-refractivity contribution is -0.117. The molecule has 0 aliphatic carbocycles. The number of hydrogen-bond donors (Lipinski definition) is 1. The minimum atomic E-state index is -0.194. The third kappa shape index (κ3) is 5.83. The molecule has 0 bridgehead atoms. The number of aromatic nitrogens is 1. The number of carbonyl (C=O) groups excluding carboxylic acids is 2. The van der Waals surface area contributed by atoms with Gasteiger partial charge in [-0.1, -0.05) is 59.3 Å². The average Bonchev–Trinajstić information content (AvgIpc) is 3.12. The Bertz CT molecular complexity index is 1120. The Balaban J connectivity index is 1.36. The molecule has 0 saturated carbocycles. The number of pyridine rings is 1. The first-order valence-corrected chi connectivity index (χ1v) is 12.5. The Morgan fingerprint density at radius 1 is 1.00 bits per heavy atom. The van der Waals surface area contributed by atoms with Crippen molar-refractivity contribution in [3.63, 3.8) is 0 Å². The van der Waals surface area contributed by atoms with E-state index >= 15 is 0 Å². The van der Waals surface area contributed by atoms with E-state index < -0.39 is 0 Å². The first kappa shape index (κ1) is 24.0. The zero-order valence-electron chi connectivity index (χ0n) is 19.3. The second-order valence-corrected chi connectivity index (χ2v) is 9.32. The highest BCUT2D eigenvalue weighted by Crippen LogP contribution is 2.23. The van der Waals surface area contributed by atoms with Crippen LogP contribution in [0.2, 0.25) is 0 Å². The number of benzene rings is 2. The predicted octanol–water partition coefficient (Wildman–Crippen LogP) is 5.33. The second kappa shape index (κ2) is 11.3. The van der Waals surface area contributed by atoms with E-state index in [0.29, 0.717) is 30.9 Å². The third-order valence-corrected chi connectivity index (χ3v) is 6.61. The van der Waals surface area contributed by atoms with Crippen LogP contribution in [-0.4, -0.2) is 47.9 Å². The highest BCUT2D eigenvalue weighted by Gasteiger charge is 2.22. The number of anilines is 2. The van der Waals surface area contributed by atoms with Crippen LogP contribution in [0.25, 0.3) is 0 Å². The van der Waals surface area contributed by atoms with Gasteiger partial charge in [0.1, 0.15) is 5.82 Å². The first-order chi connectivity index (χ1) is 16.5. The predicted molar refractivity (Wildman–Crippen MR) is 139 cm³/mol. The Morgan fingerprint density at radius 3 is 2.53 bits per heavy atom. The van der Waals surface area contributed by atoms with Gasteiger partial charge in [-0.25, -0.2) is 4.98 Å². The van der Waals surface area contributed by atoms with E-state index in [1.807, 2.05) is 78.6 Å². The monoisotopic (exact) mass is 520 g/mol. The molecule has 1 aliphatic heterocycles. The maximum Gasteiger partial charge on any atom is 0.253 e. The molecular formula is C27H29BrN4O2. The van der Waals surface area contributed by atoms with Gasteiger partial charge in [0.05, 0.1) is 17.8 Å². The van der Waals surface area contributed by atoms with Crippen molar-refractivity contribution in [2.75, 3.05) is 36.4 Å². The maximum atomic E-state index is 12.9. The van der Waals surface area contributed by atoms with Crippen molar-refractivity contribution in [2.45, 2.75) is 25.7 Å². The lowest BCUT2D eigenvalue weighted by atomic mass is 9.95. The summed E-state index contributed by atoms with van der Waals surface area (Å²) in [6.07, 6.45) is 3.31. The standard InChI is InChI=1S/C27H29BrN4O2/c1-2-24(20-8-4-3-5-9-20)26(33)30-23-12-13-25(29-19-23)31-14-7-15-32(17-16-31)27(34)21-10-6-11-22(28)18-21/h3-6,8-13,18-19,24H,2,7,14-17H2,1H3,(H,30,33)/t24-/m0/s1. The molecule has 0 spiro atoms. The molecule has 34 heavy (non-hydrogen) atoms. The number of hydrogen-bond acceptors (Lipinski definition) is 4. The van der Waals surface area contributed by atoms with Crippen LogP contribution in [0.4, 0.5) is 11.5 Å². The van der Waals surface area contributed by atoms with E-state index in [2.05, 4.69) is 31.1 Å². The normalized spacial score (nSPS) is 14.9. The Labute approximate surface area is 209 Å². The van der Waals surface area contributed by atoms with Crippen molar-refractivity contribution in [1.29, 1.82) is 0 Å². The summed E-state index contributed by atoms with van der Waals surface area (Å²) in [5, 5.41) is 3.00. The van der Waals surface area contributed by atoms with Crippen LogP contribution in [0.5, 0.6) is 0 Å². The van der Waals surface area contributed by atoms with Crippen molar-refractivity contribution >= 4 is 39.2 Å². The minimum Gasteiger partial charge on any atom is -0.355 e. The van der Waals surface area contributed by atoms with Crippen molar-refractivity contribution in [3.05, 3.63) is 88.5 Å². The van der Waals surface area contributed by atoms with Crippen LogP contribution in [0, 0.1) is 0 Å². The van der Waals surface area contributed by atoms with E-state index in [-0.39, 0.29) is 17.7 Å². The summed E-state index contributed by atoms with van der Waals surface area (Å²) < 4.78 is 0.903. The van der Waals surface area contributed by atoms with Crippen LogP contribution in [-0.2, 0) is 4.79 Å². The van der Waals surface area contributed by atoms with Crippen molar-refractivity contribution in [1.82, 2.24) is 9.88 Å². The summed E-state index contributed by atoms with van der Waals surface area (Å²) in [5.41, 5.74) is 2.39. The van der Waals surface area contributed by atoms with Gasteiger partial charge >= 0.3 is 0 Å². The van der Waals surface area contributed by atoms with E-state index in [1.54, 1.807) is 6.20 Å². The third-order valence-electron chi connectivity index (χ3n) is 6.12. The fraction of sp³-hybridized carbons (Fsp3) is 0.296. The molecule has 1 saturated heterocycles. The zero-order valence-corrected chi connectivity index (χ0v) is 20.9. The molecule has 6 nitrogen and oxygen atoms in total. The Morgan fingerprint density at radius 2 is 1.82 bits per heavy atom. The van der Waals surface area contributed by atoms with Crippen LogP contribution < -0.4 is 10.2 Å². The topological polar surface area (TPSA) is 65.5 Å². The summed E-state index contributed by atoms with van der Waals surface area (Å²) in [6.45, 7) is 4.91. The van der Waals surface area contributed by atoms with Gasteiger partial charge in [-0.2, -0.15) is 0 Å². The minimum absolute atomic E-state index is 0.0280. The summed E-state index contributed by atoms with van der Waals surface area (Å²) in [5.74, 6) is 0.683. The van der Waals surface area contributed by atoms with E-state index in [0.717, 1.165) is 35.2 Å². The highest BCUT2D eigenvalue weighted by atomic mass is 79.9. The molecule has 2 amide bonds. The molecule has 1 aromatic heterocycles. The average molecular weight is 521 g/mol. The lowest BCUT2D eigenvalue weighted by Gasteiger charge is -2.23. The van der Waals surface area contributed by atoms with Gasteiger partial charge in [0.15, 0.2) is 0 Å². The fourth-order valence-electron chi connectivity index (χ4n) is 4.29. The molecule has 1 N–H and O–H groups in total. The number of carbonyl (C=O) groups is 2. The quantitative estimate of drug-likeness (QED) is 0.477. The first-order valence-electron chi connectivity index (χ1n) is 11.7. The van der Waals surface area contributed by atoms with Gasteiger partial charge in [0, 0.05) is 36.2 Å². The Kier molecular flexibility index (Phi) is 7.95. The second-order valence-electron chi connectivity index (χ2n) is 8.41. The lowest BCUT2D eigenvalue weighted by Crippen LogP contribution is -2.35. The number of nitrogens with one attached hydrogen (secondary N) is 1. The van der Waals surface area contributed by atoms with Crippen molar-refractivity contribution in [2.24, 2.45) is 0 Å². The zero-order chi connectivity index (χ0) is 23.9. The summed E-state index contributed by atoms with van der Waals surface area (Å²) in [6, 6.07) is 21.2. The molecule has 7 heteroatoms. The van der Waals surface area contributed by atoms with Gasteiger partial charge in [-0.15, -0.1) is 0 Å². The summed E-state index contributed by atoms with van der Waals surface area (Å²) in [4.78, 5) is 34.4. The maximum absolute atomic E-state index is 12.9. The van der Waals surface area contributed by atoms with Gasteiger partial charge < -0.3 is 15.1 Å². The summed E-state index contributed by atoms with van der Waals surface area (Å²) >= 11 is 3.44. The molecule has 2 heterocycles. The highest BCUT2D eigenvalue weighted by molar-refractivity contribution is 9.10. The van der Waals surface area contributed by atoms with Crippen molar-refractivity contribution < 1.29 is 9.59 Å². The van der Waals surface area contributed by atoms with E-state index in [9.17, 15) is 9.59 Å². The van der Waals surface area contributed by atoms with Crippen molar-refractivity contribution in [3.8, 4) is 0 Å². The number of rotatable bonds is 6. The van der Waals surface area contributed by atoms with Gasteiger partial charge in [0.25, 0.3) is 5.91 Å². The summed E-state index contributed by atoms with van der Waals surface area (Å²) in [7, 11) is 0. The molecule has 3 aromatic rings. The van der Waals surface area contributed by atoms with Gasteiger partial charge in [-0.05, 0) is 48.7 Å². The molecule has 1 atom stereocenters. The Hall–Kier alpha value is -3.19. The molecule has 1 aliphatic rings. The van der Waals surface area contributed by atoms with Crippen LogP contribution in [0.3, 0.4) is 0 Å². The smallest absolute Gasteiger partial charge is 0.253 e. The SMILES string of the molecule is CC[C@H](C(=O)Nc1ccc(N2CCCN(C(=O)c3cccc(Br)c3)CC2)nc1)c1ccccc1. The van der Waals surface area contributed by atoms with Gasteiger partial charge in [-0.3, -0.25) is 9.59 Å². The largest absolute Gasteiger partial charge is 0.355 e. The number of halogens is 1. The van der Waals surface area contributed by atoms with Crippen LogP contribution in [0.15, 0.2) is 77.4 Å². The molecule has 2 aromatic carbocycles. The fourth-order valence-corrected chi connectivity index (χ4v) is 4.69. The molecule has 1 fully saturated rings. The van der Waals surface area contributed by atoms with E-state index in [4.69, 9.17) is 0 Å². The molecule has 0 radical (unpaired) electrons. The molecule has 4 rings (SSSR count). The molecule has 0 unspecified atom stereocenters. The van der Waals surface area contributed by atoms with Gasteiger partial charge in [0.2, 0.25) is 5.91 Å². The molecule has 176 valence electrons.